The first-order valence-electron chi connectivity index (χ1n) is 6.44. The summed E-state index contributed by atoms with van der Waals surface area (Å²) in [5, 5.41) is 11.4. The molecular weight excluding hydrogens is 271 g/mol. The first kappa shape index (κ1) is 14.9. The molecule has 0 aliphatic carbocycles. The Kier molecular flexibility index (Phi) is 4.84. The van der Waals surface area contributed by atoms with E-state index in [-0.39, 0.29) is 11.7 Å². The SMILES string of the molecule is CN(Cc1cccnc1)Cc1ccc(/C(N)=N/O)cc1F. The molecule has 0 fully saturated rings. The topological polar surface area (TPSA) is 74.7 Å². The molecule has 21 heavy (non-hydrogen) atoms. The summed E-state index contributed by atoms with van der Waals surface area (Å²) in [6, 6.07) is 8.38. The zero-order valence-corrected chi connectivity index (χ0v) is 11.7. The molecule has 0 bridgehead atoms. The van der Waals surface area contributed by atoms with Gasteiger partial charge in [0, 0.05) is 36.6 Å². The highest BCUT2D eigenvalue weighted by atomic mass is 19.1. The van der Waals surface area contributed by atoms with Crippen molar-refractivity contribution in [3.8, 4) is 0 Å². The summed E-state index contributed by atoms with van der Waals surface area (Å²) in [6.07, 6.45) is 3.50. The van der Waals surface area contributed by atoms with Gasteiger partial charge in [0.2, 0.25) is 0 Å². The van der Waals surface area contributed by atoms with E-state index in [1.807, 2.05) is 24.1 Å². The van der Waals surface area contributed by atoms with Gasteiger partial charge < -0.3 is 10.9 Å². The Hall–Kier alpha value is -2.47. The van der Waals surface area contributed by atoms with Gasteiger partial charge in [0.25, 0.3) is 0 Å². The van der Waals surface area contributed by atoms with Crippen molar-refractivity contribution >= 4 is 5.84 Å². The number of aromatic nitrogens is 1. The lowest BCUT2D eigenvalue weighted by atomic mass is 10.1. The fraction of sp³-hybridized carbons (Fsp3) is 0.200. The summed E-state index contributed by atoms with van der Waals surface area (Å²) in [7, 11) is 1.91. The third kappa shape index (κ3) is 4.00. The normalized spacial score (nSPS) is 11.9. The van der Waals surface area contributed by atoms with E-state index in [0.717, 1.165) is 5.56 Å². The third-order valence-corrected chi connectivity index (χ3v) is 3.07. The molecule has 0 amide bonds. The summed E-state index contributed by atoms with van der Waals surface area (Å²) in [5.74, 6) is -0.485. The lowest BCUT2D eigenvalue weighted by Gasteiger charge is -2.17. The number of benzene rings is 1. The van der Waals surface area contributed by atoms with Gasteiger partial charge in [-0.1, -0.05) is 23.4 Å². The second-order valence-electron chi connectivity index (χ2n) is 4.82. The van der Waals surface area contributed by atoms with Crippen LogP contribution < -0.4 is 5.73 Å². The molecule has 0 atom stereocenters. The van der Waals surface area contributed by atoms with Gasteiger partial charge in [0.05, 0.1) is 0 Å². The third-order valence-electron chi connectivity index (χ3n) is 3.07. The number of halogens is 1. The Morgan fingerprint density at radius 3 is 2.81 bits per heavy atom. The molecule has 0 unspecified atom stereocenters. The second kappa shape index (κ2) is 6.81. The number of nitrogens with two attached hydrogens (primary N) is 1. The average Bonchev–Trinajstić information content (AvgIpc) is 2.49. The molecule has 0 saturated carbocycles. The van der Waals surface area contributed by atoms with Crippen molar-refractivity contribution in [2.45, 2.75) is 13.1 Å². The maximum Gasteiger partial charge on any atom is 0.170 e. The van der Waals surface area contributed by atoms with Crippen molar-refractivity contribution < 1.29 is 9.60 Å². The van der Waals surface area contributed by atoms with Crippen LogP contribution in [-0.4, -0.2) is 28.0 Å². The van der Waals surface area contributed by atoms with E-state index >= 15 is 0 Å². The molecule has 1 aromatic heterocycles. The molecule has 0 aliphatic heterocycles. The van der Waals surface area contributed by atoms with Gasteiger partial charge >= 0.3 is 0 Å². The minimum atomic E-state index is -0.378. The lowest BCUT2D eigenvalue weighted by molar-refractivity contribution is 0.313. The first-order chi connectivity index (χ1) is 10.1. The highest BCUT2D eigenvalue weighted by molar-refractivity contribution is 5.97. The predicted molar refractivity (Wildman–Crippen MR) is 78.3 cm³/mol. The summed E-state index contributed by atoms with van der Waals surface area (Å²) in [4.78, 5) is 6.04. The fourth-order valence-electron chi connectivity index (χ4n) is 2.04. The highest BCUT2D eigenvalue weighted by Crippen LogP contribution is 2.13. The Bertz CT molecular complexity index is 631. The van der Waals surface area contributed by atoms with E-state index in [1.54, 1.807) is 24.5 Å². The number of hydrogen-bond acceptors (Lipinski definition) is 4. The van der Waals surface area contributed by atoms with Gasteiger partial charge in [0.15, 0.2) is 5.84 Å². The maximum atomic E-state index is 14.0. The van der Waals surface area contributed by atoms with E-state index in [0.29, 0.717) is 24.2 Å². The van der Waals surface area contributed by atoms with E-state index < -0.39 is 0 Å². The van der Waals surface area contributed by atoms with Gasteiger partial charge in [-0.2, -0.15) is 0 Å². The van der Waals surface area contributed by atoms with Crippen LogP contribution in [0.25, 0.3) is 0 Å². The molecule has 0 radical (unpaired) electrons. The Morgan fingerprint density at radius 2 is 2.19 bits per heavy atom. The zero-order chi connectivity index (χ0) is 15.2. The molecule has 6 heteroatoms. The van der Waals surface area contributed by atoms with Crippen LogP contribution in [0.15, 0.2) is 47.9 Å². The zero-order valence-electron chi connectivity index (χ0n) is 11.7. The smallest absolute Gasteiger partial charge is 0.170 e. The summed E-state index contributed by atoms with van der Waals surface area (Å²) in [5.41, 5.74) is 7.40. The summed E-state index contributed by atoms with van der Waals surface area (Å²) < 4.78 is 14.0. The quantitative estimate of drug-likeness (QED) is 0.382. The van der Waals surface area contributed by atoms with Gasteiger partial charge in [0.1, 0.15) is 5.82 Å². The lowest BCUT2D eigenvalue weighted by Crippen LogP contribution is -2.19. The minimum Gasteiger partial charge on any atom is -0.409 e. The van der Waals surface area contributed by atoms with Gasteiger partial charge in [-0.3, -0.25) is 9.88 Å². The van der Waals surface area contributed by atoms with Crippen LogP contribution in [0.3, 0.4) is 0 Å². The van der Waals surface area contributed by atoms with Crippen LogP contribution >= 0.6 is 0 Å². The van der Waals surface area contributed by atoms with E-state index in [1.165, 1.54) is 6.07 Å². The molecule has 0 aliphatic rings. The molecule has 2 aromatic rings. The largest absolute Gasteiger partial charge is 0.409 e. The van der Waals surface area contributed by atoms with Gasteiger partial charge in [-0.25, -0.2) is 4.39 Å². The number of hydrogen-bond donors (Lipinski definition) is 2. The van der Waals surface area contributed by atoms with Crippen LogP contribution in [0, 0.1) is 5.82 Å². The highest BCUT2D eigenvalue weighted by Gasteiger charge is 2.09. The second-order valence-corrected chi connectivity index (χ2v) is 4.82. The molecule has 1 aromatic carbocycles. The van der Waals surface area contributed by atoms with Crippen LogP contribution in [0.2, 0.25) is 0 Å². The van der Waals surface area contributed by atoms with Crippen molar-refractivity contribution in [1.82, 2.24) is 9.88 Å². The predicted octanol–water partition coefficient (Wildman–Crippen LogP) is 1.95. The number of amidine groups is 1. The molecule has 1 heterocycles. The van der Waals surface area contributed by atoms with Crippen molar-refractivity contribution in [3.05, 3.63) is 65.2 Å². The number of oxime groups is 1. The van der Waals surface area contributed by atoms with Crippen molar-refractivity contribution in [1.29, 1.82) is 0 Å². The van der Waals surface area contributed by atoms with E-state index in [2.05, 4.69) is 10.1 Å². The van der Waals surface area contributed by atoms with Crippen LogP contribution in [-0.2, 0) is 13.1 Å². The number of pyridine rings is 1. The number of nitrogens with zero attached hydrogens (tertiary/aromatic N) is 3. The molecule has 5 nitrogen and oxygen atoms in total. The van der Waals surface area contributed by atoms with Crippen LogP contribution in [0.5, 0.6) is 0 Å². The van der Waals surface area contributed by atoms with Gasteiger partial charge in [-0.15, -0.1) is 0 Å². The van der Waals surface area contributed by atoms with Crippen molar-refractivity contribution in [2.75, 3.05) is 7.05 Å². The number of rotatable bonds is 5. The molecule has 2 rings (SSSR count). The van der Waals surface area contributed by atoms with Gasteiger partial charge in [-0.05, 0) is 24.7 Å². The van der Waals surface area contributed by atoms with E-state index in [9.17, 15) is 4.39 Å². The molecule has 110 valence electrons. The molecule has 0 spiro atoms. The molecule has 3 N–H and O–H groups in total. The van der Waals surface area contributed by atoms with Crippen LogP contribution in [0.1, 0.15) is 16.7 Å². The molecule has 0 saturated heterocycles. The summed E-state index contributed by atoms with van der Waals surface area (Å²) in [6.45, 7) is 1.13. The fourth-order valence-corrected chi connectivity index (χ4v) is 2.04. The maximum absolute atomic E-state index is 14.0. The summed E-state index contributed by atoms with van der Waals surface area (Å²) >= 11 is 0. The first-order valence-corrected chi connectivity index (χ1v) is 6.44. The Labute approximate surface area is 122 Å². The van der Waals surface area contributed by atoms with Crippen LogP contribution in [0.4, 0.5) is 4.39 Å². The minimum absolute atomic E-state index is 0.107. The van der Waals surface area contributed by atoms with Crippen molar-refractivity contribution in [2.24, 2.45) is 10.9 Å². The standard InChI is InChI=1S/C15H17FN4O/c1-20(9-11-3-2-6-18-8-11)10-13-5-4-12(7-14(13)16)15(17)19-21/h2-8,21H,9-10H2,1H3,(H2,17,19). The Morgan fingerprint density at radius 1 is 1.38 bits per heavy atom. The van der Waals surface area contributed by atoms with Crippen molar-refractivity contribution in [3.63, 3.8) is 0 Å². The monoisotopic (exact) mass is 288 g/mol. The Balaban J connectivity index is 2.06. The van der Waals surface area contributed by atoms with E-state index in [4.69, 9.17) is 10.9 Å². The molecular formula is C15H17FN4O. The average molecular weight is 288 g/mol.